The second-order valence-corrected chi connectivity index (χ2v) is 5.99. The van der Waals surface area contributed by atoms with Gasteiger partial charge >= 0.3 is 5.97 Å². The number of aromatic nitrogens is 4. The Kier molecular flexibility index (Phi) is 5.78. The minimum absolute atomic E-state index is 0.224. The molecule has 1 atom stereocenters. The highest BCUT2D eigenvalue weighted by Gasteiger charge is 2.24. The molecule has 0 amide bonds. The SMILES string of the molecule is CCCOC(=O)[C@@H](C)Sc1nnnn1C1CCOCC1. The van der Waals surface area contributed by atoms with E-state index in [1.54, 1.807) is 4.68 Å². The molecule has 1 aliphatic rings. The molecule has 2 rings (SSSR count). The molecule has 8 heteroatoms. The second kappa shape index (κ2) is 7.58. The molecule has 2 heterocycles. The summed E-state index contributed by atoms with van der Waals surface area (Å²) in [5, 5.41) is 12.1. The third-order valence-electron chi connectivity index (χ3n) is 3.06. The van der Waals surface area contributed by atoms with Crippen LogP contribution in [-0.4, -0.2) is 51.2 Å². The van der Waals surface area contributed by atoms with Gasteiger partial charge in [0.2, 0.25) is 5.16 Å². The molecule has 0 saturated carbocycles. The first kappa shape index (κ1) is 15.2. The highest BCUT2D eigenvalue weighted by molar-refractivity contribution is 8.00. The van der Waals surface area contributed by atoms with Gasteiger partial charge in [0.25, 0.3) is 0 Å². The summed E-state index contributed by atoms with van der Waals surface area (Å²) in [7, 11) is 0. The summed E-state index contributed by atoms with van der Waals surface area (Å²) < 4.78 is 12.3. The van der Waals surface area contributed by atoms with E-state index in [-0.39, 0.29) is 17.3 Å². The van der Waals surface area contributed by atoms with Crippen LogP contribution in [0, 0.1) is 0 Å². The van der Waals surface area contributed by atoms with Crippen LogP contribution in [-0.2, 0) is 14.3 Å². The maximum absolute atomic E-state index is 11.8. The fraction of sp³-hybridized carbons (Fsp3) is 0.833. The average Bonchev–Trinajstić information content (AvgIpc) is 2.93. The van der Waals surface area contributed by atoms with Crippen molar-refractivity contribution in [2.45, 2.75) is 49.6 Å². The molecule has 112 valence electrons. The molecule has 1 aliphatic heterocycles. The predicted molar refractivity (Wildman–Crippen MR) is 73.5 cm³/mol. The number of hydrogen-bond acceptors (Lipinski definition) is 7. The van der Waals surface area contributed by atoms with Gasteiger partial charge in [-0.05, 0) is 36.6 Å². The van der Waals surface area contributed by atoms with E-state index in [0.717, 1.165) is 32.5 Å². The highest BCUT2D eigenvalue weighted by atomic mass is 32.2. The average molecular weight is 300 g/mol. The van der Waals surface area contributed by atoms with Crippen LogP contribution in [0.15, 0.2) is 5.16 Å². The number of ether oxygens (including phenoxy) is 2. The minimum Gasteiger partial charge on any atom is -0.465 e. The summed E-state index contributed by atoms with van der Waals surface area (Å²) in [4.78, 5) is 11.8. The van der Waals surface area contributed by atoms with E-state index in [2.05, 4.69) is 15.5 Å². The van der Waals surface area contributed by atoms with Gasteiger partial charge in [-0.1, -0.05) is 18.7 Å². The number of carbonyl (C=O) groups is 1. The normalized spacial score (nSPS) is 17.9. The maximum atomic E-state index is 11.8. The number of hydrogen-bond donors (Lipinski definition) is 0. The summed E-state index contributed by atoms with van der Waals surface area (Å²) in [5.74, 6) is -0.224. The van der Waals surface area contributed by atoms with Crippen LogP contribution in [0.25, 0.3) is 0 Å². The molecular formula is C12H20N4O3S. The molecule has 0 unspecified atom stereocenters. The van der Waals surface area contributed by atoms with Crippen LogP contribution in [0.3, 0.4) is 0 Å². The van der Waals surface area contributed by atoms with Crippen molar-refractivity contribution in [1.29, 1.82) is 0 Å². The lowest BCUT2D eigenvalue weighted by atomic mass is 10.1. The molecule has 1 fully saturated rings. The van der Waals surface area contributed by atoms with Gasteiger partial charge in [-0.25, -0.2) is 4.68 Å². The Morgan fingerprint density at radius 2 is 2.30 bits per heavy atom. The lowest BCUT2D eigenvalue weighted by molar-refractivity contribution is -0.142. The van der Waals surface area contributed by atoms with Crippen molar-refractivity contribution in [3.05, 3.63) is 0 Å². The highest BCUT2D eigenvalue weighted by Crippen LogP contribution is 2.27. The summed E-state index contributed by atoms with van der Waals surface area (Å²) in [6.45, 7) is 5.68. The third-order valence-corrected chi connectivity index (χ3v) is 4.09. The molecule has 0 aromatic carbocycles. The number of tetrazole rings is 1. The van der Waals surface area contributed by atoms with Crippen molar-refractivity contribution < 1.29 is 14.3 Å². The monoisotopic (exact) mass is 300 g/mol. The van der Waals surface area contributed by atoms with Crippen LogP contribution in [0.2, 0.25) is 0 Å². The van der Waals surface area contributed by atoms with Crippen LogP contribution < -0.4 is 0 Å². The first-order chi connectivity index (χ1) is 9.72. The molecule has 0 radical (unpaired) electrons. The molecule has 0 N–H and O–H groups in total. The van der Waals surface area contributed by atoms with Gasteiger partial charge < -0.3 is 9.47 Å². The van der Waals surface area contributed by atoms with Crippen molar-refractivity contribution in [3.8, 4) is 0 Å². The van der Waals surface area contributed by atoms with E-state index >= 15 is 0 Å². The zero-order valence-electron chi connectivity index (χ0n) is 11.8. The fourth-order valence-corrected chi connectivity index (χ4v) is 2.81. The second-order valence-electron chi connectivity index (χ2n) is 4.68. The van der Waals surface area contributed by atoms with Crippen molar-refractivity contribution in [2.75, 3.05) is 19.8 Å². The Morgan fingerprint density at radius 3 is 3.00 bits per heavy atom. The number of rotatable bonds is 6. The molecule has 7 nitrogen and oxygen atoms in total. The summed E-state index contributed by atoms with van der Waals surface area (Å²) >= 11 is 1.34. The molecule has 0 bridgehead atoms. The van der Waals surface area contributed by atoms with Crippen LogP contribution >= 0.6 is 11.8 Å². The Hall–Kier alpha value is -1.15. The number of carbonyl (C=O) groups excluding carboxylic acids is 1. The number of thioether (sulfide) groups is 1. The smallest absolute Gasteiger partial charge is 0.319 e. The van der Waals surface area contributed by atoms with Crippen LogP contribution in [0.5, 0.6) is 0 Å². The van der Waals surface area contributed by atoms with Crippen LogP contribution in [0.4, 0.5) is 0 Å². The van der Waals surface area contributed by atoms with Gasteiger partial charge in [-0.3, -0.25) is 4.79 Å². The van der Waals surface area contributed by atoms with E-state index in [1.165, 1.54) is 11.8 Å². The van der Waals surface area contributed by atoms with E-state index in [1.807, 2.05) is 13.8 Å². The van der Waals surface area contributed by atoms with Gasteiger partial charge in [-0.15, -0.1) is 5.10 Å². The lowest BCUT2D eigenvalue weighted by Crippen LogP contribution is -2.23. The summed E-state index contributed by atoms with van der Waals surface area (Å²) in [6.07, 6.45) is 2.61. The Labute approximate surface area is 122 Å². The number of esters is 1. The van der Waals surface area contributed by atoms with Gasteiger partial charge in [0.1, 0.15) is 5.25 Å². The third kappa shape index (κ3) is 3.92. The minimum atomic E-state index is -0.314. The zero-order valence-corrected chi connectivity index (χ0v) is 12.6. The molecule has 0 aliphatic carbocycles. The predicted octanol–water partition coefficient (Wildman–Crippen LogP) is 1.46. The lowest BCUT2D eigenvalue weighted by Gasteiger charge is -2.22. The van der Waals surface area contributed by atoms with Gasteiger partial charge in [0.05, 0.1) is 12.6 Å². The fourth-order valence-electron chi connectivity index (χ4n) is 1.95. The molecule has 20 heavy (non-hydrogen) atoms. The Morgan fingerprint density at radius 1 is 1.55 bits per heavy atom. The van der Waals surface area contributed by atoms with E-state index in [4.69, 9.17) is 9.47 Å². The maximum Gasteiger partial charge on any atom is 0.319 e. The number of nitrogens with zero attached hydrogens (tertiary/aromatic N) is 4. The van der Waals surface area contributed by atoms with Gasteiger partial charge in [0.15, 0.2) is 0 Å². The quantitative estimate of drug-likeness (QED) is 0.581. The van der Waals surface area contributed by atoms with Crippen molar-refractivity contribution in [1.82, 2.24) is 20.2 Å². The summed E-state index contributed by atoms with van der Waals surface area (Å²) in [6, 6.07) is 0.250. The first-order valence-electron chi connectivity index (χ1n) is 6.91. The Balaban J connectivity index is 1.95. The van der Waals surface area contributed by atoms with Gasteiger partial charge in [-0.2, -0.15) is 0 Å². The van der Waals surface area contributed by atoms with E-state index < -0.39 is 0 Å². The standard InChI is InChI=1S/C12H20N4O3S/c1-3-6-19-11(17)9(2)20-12-13-14-15-16(12)10-4-7-18-8-5-10/h9-10H,3-8H2,1-2H3/t9-/m1/s1. The molecule has 0 spiro atoms. The zero-order chi connectivity index (χ0) is 14.4. The van der Waals surface area contributed by atoms with Crippen LogP contribution in [0.1, 0.15) is 39.2 Å². The van der Waals surface area contributed by atoms with Crippen molar-refractivity contribution in [3.63, 3.8) is 0 Å². The van der Waals surface area contributed by atoms with Crippen molar-refractivity contribution >= 4 is 17.7 Å². The molecule has 1 aromatic rings. The van der Waals surface area contributed by atoms with E-state index in [9.17, 15) is 4.79 Å². The molecular weight excluding hydrogens is 280 g/mol. The molecule has 1 saturated heterocycles. The Bertz CT molecular complexity index is 434. The van der Waals surface area contributed by atoms with Gasteiger partial charge in [0, 0.05) is 13.2 Å². The van der Waals surface area contributed by atoms with E-state index in [0.29, 0.717) is 11.8 Å². The largest absolute Gasteiger partial charge is 0.465 e. The first-order valence-corrected chi connectivity index (χ1v) is 7.79. The topological polar surface area (TPSA) is 79.1 Å². The molecule has 1 aromatic heterocycles. The van der Waals surface area contributed by atoms with Crippen molar-refractivity contribution in [2.24, 2.45) is 0 Å². The summed E-state index contributed by atoms with van der Waals surface area (Å²) in [5.41, 5.74) is 0.